The van der Waals surface area contributed by atoms with Gasteiger partial charge in [0.2, 0.25) is 0 Å². The monoisotopic (exact) mass is 246 g/mol. The van der Waals surface area contributed by atoms with Gasteiger partial charge in [0.15, 0.2) is 12.3 Å². The van der Waals surface area contributed by atoms with E-state index in [-0.39, 0.29) is 12.0 Å². The number of rotatable bonds is 5. The Bertz CT molecular complexity index is 242. The van der Waals surface area contributed by atoms with Crippen molar-refractivity contribution in [1.82, 2.24) is 0 Å². The number of carbonyl (C=O) groups is 1. The standard InChI is InChI=1S/C11H18O4S/c12-11(13)9-6-1-2-7-10(9)15-16-14-8-4-3-5-8/h8-10H,1-7H2,(H,12,13). The van der Waals surface area contributed by atoms with Gasteiger partial charge in [-0.1, -0.05) is 12.8 Å². The van der Waals surface area contributed by atoms with Crippen LogP contribution in [0.4, 0.5) is 0 Å². The van der Waals surface area contributed by atoms with Gasteiger partial charge in [-0.15, -0.1) is 0 Å². The maximum absolute atomic E-state index is 11.0. The largest absolute Gasteiger partial charge is 0.481 e. The quantitative estimate of drug-likeness (QED) is 0.756. The molecule has 2 fully saturated rings. The van der Waals surface area contributed by atoms with Gasteiger partial charge < -0.3 is 5.11 Å². The fraction of sp³-hybridized carbons (Fsp3) is 0.909. The zero-order valence-electron chi connectivity index (χ0n) is 9.26. The number of hydrogen-bond acceptors (Lipinski definition) is 4. The SMILES string of the molecule is O=C(O)C1CCCCC1OSOC1CCC1. The van der Waals surface area contributed by atoms with Crippen LogP contribution in [0.3, 0.4) is 0 Å². The molecule has 0 aliphatic heterocycles. The van der Waals surface area contributed by atoms with Gasteiger partial charge in [0, 0.05) is 0 Å². The number of hydrogen-bond donors (Lipinski definition) is 1. The Hall–Kier alpha value is -0.260. The Morgan fingerprint density at radius 3 is 2.44 bits per heavy atom. The van der Waals surface area contributed by atoms with Gasteiger partial charge in [-0.05, 0) is 32.1 Å². The first kappa shape index (κ1) is 12.2. The topological polar surface area (TPSA) is 55.8 Å². The Kier molecular flexibility index (Phi) is 4.49. The highest BCUT2D eigenvalue weighted by Crippen LogP contribution is 2.32. The number of aliphatic carboxylic acids is 1. The molecule has 0 aromatic heterocycles. The van der Waals surface area contributed by atoms with Crippen molar-refractivity contribution in [2.45, 2.75) is 57.2 Å². The molecule has 0 aromatic carbocycles. The van der Waals surface area contributed by atoms with E-state index in [1.807, 2.05) is 0 Å². The van der Waals surface area contributed by atoms with Crippen LogP contribution in [0.2, 0.25) is 0 Å². The van der Waals surface area contributed by atoms with Crippen LogP contribution in [0.15, 0.2) is 0 Å². The molecule has 16 heavy (non-hydrogen) atoms. The third kappa shape index (κ3) is 3.12. The summed E-state index contributed by atoms with van der Waals surface area (Å²) >= 11 is 1.00. The molecule has 2 aliphatic carbocycles. The van der Waals surface area contributed by atoms with E-state index < -0.39 is 5.97 Å². The maximum Gasteiger partial charge on any atom is 0.309 e. The molecule has 4 nitrogen and oxygen atoms in total. The highest BCUT2D eigenvalue weighted by Gasteiger charge is 2.32. The molecule has 0 aromatic rings. The first-order chi connectivity index (χ1) is 7.77. The van der Waals surface area contributed by atoms with Gasteiger partial charge >= 0.3 is 5.97 Å². The summed E-state index contributed by atoms with van der Waals surface area (Å²) in [5.74, 6) is -1.10. The molecule has 92 valence electrons. The van der Waals surface area contributed by atoms with Crippen LogP contribution < -0.4 is 0 Å². The molecule has 2 rings (SSSR count). The summed E-state index contributed by atoms with van der Waals surface area (Å²) in [5, 5.41) is 9.04. The van der Waals surface area contributed by atoms with Gasteiger partial charge in [0.1, 0.15) is 0 Å². The van der Waals surface area contributed by atoms with E-state index in [9.17, 15) is 4.79 Å². The molecule has 2 aliphatic rings. The van der Waals surface area contributed by atoms with E-state index in [4.69, 9.17) is 13.5 Å². The van der Waals surface area contributed by atoms with Crippen molar-refractivity contribution in [3.8, 4) is 0 Å². The van der Waals surface area contributed by atoms with Crippen LogP contribution in [0.5, 0.6) is 0 Å². The molecule has 5 heteroatoms. The van der Waals surface area contributed by atoms with Crippen molar-refractivity contribution in [1.29, 1.82) is 0 Å². The lowest BCUT2D eigenvalue weighted by Crippen LogP contribution is -2.32. The van der Waals surface area contributed by atoms with Gasteiger partial charge in [0.05, 0.1) is 18.1 Å². The third-order valence-corrected chi connectivity index (χ3v) is 4.09. The van der Waals surface area contributed by atoms with E-state index in [0.29, 0.717) is 6.10 Å². The summed E-state index contributed by atoms with van der Waals surface area (Å²) in [6, 6.07) is 0. The lowest BCUT2D eigenvalue weighted by Gasteiger charge is -2.29. The summed E-state index contributed by atoms with van der Waals surface area (Å²) in [7, 11) is 0. The molecule has 0 spiro atoms. The average Bonchev–Trinajstić information content (AvgIpc) is 2.22. The Balaban J connectivity index is 1.70. The molecule has 1 N–H and O–H groups in total. The minimum absolute atomic E-state index is 0.184. The van der Waals surface area contributed by atoms with Crippen molar-refractivity contribution in [3.63, 3.8) is 0 Å². The molecule has 0 heterocycles. The van der Waals surface area contributed by atoms with Gasteiger partial charge in [0.25, 0.3) is 0 Å². The summed E-state index contributed by atoms with van der Waals surface area (Å²) in [6.45, 7) is 0. The van der Waals surface area contributed by atoms with Crippen molar-refractivity contribution in [2.24, 2.45) is 5.92 Å². The minimum atomic E-state index is -0.742. The van der Waals surface area contributed by atoms with E-state index in [0.717, 1.165) is 50.8 Å². The van der Waals surface area contributed by atoms with Crippen molar-refractivity contribution < 1.29 is 18.3 Å². The predicted octanol–water partition coefficient (Wildman–Crippen LogP) is 2.78. The Morgan fingerprint density at radius 2 is 1.81 bits per heavy atom. The second-order valence-corrected chi connectivity index (χ2v) is 5.10. The van der Waals surface area contributed by atoms with Crippen LogP contribution >= 0.6 is 12.3 Å². The molecule has 2 unspecified atom stereocenters. The van der Waals surface area contributed by atoms with Crippen molar-refractivity contribution in [3.05, 3.63) is 0 Å². The molecular formula is C11H18O4S. The summed E-state index contributed by atoms with van der Waals surface area (Å²) in [4.78, 5) is 11.0. The molecule has 0 radical (unpaired) electrons. The van der Waals surface area contributed by atoms with Gasteiger partial charge in [-0.25, -0.2) is 0 Å². The molecule has 2 saturated carbocycles. The van der Waals surface area contributed by atoms with E-state index in [1.54, 1.807) is 0 Å². The number of carboxylic acids is 1. The predicted molar refractivity (Wildman–Crippen MR) is 60.8 cm³/mol. The van der Waals surface area contributed by atoms with Crippen LogP contribution in [0, 0.1) is 5.92 Å². The van der Waals surface area contributed by atoms with Gasteiger partial charge in [-0.3, -0.25) is 13.2 Å². The van der Waals surface area contributed by atoms with Gasteiger partial charge in [-0.2, -0.15) is 0 Å². The number of carboxylic acid groups (broad SMARTS) is 1. The smallest absolute Gasteiger partial charge is 0.309 e. The normalized spacial score (nSPS) is 31.0. The highest BCUT2D eigenvalue weighted by atomic mass is 32.2. The first-order valence-corrected chi connectivity index (χ1v) is 6.65. The Labute approximate surface area is 100 Å². The van der Waals surface area contributed by atoms with E-state index >= 15 is 0 Å². The van der Waals surface area contributed by atoms with Crippen LogP contribution in [-0.2, 0) is 13.2 Å². The molecule has 2 atom stereocenters. The minimum Gasteiger partial charge on any atom is -0.481 e. The zero-order chi connectivity index (χ0) is 11.4. The third-order valence-electron chi connectivity index (χ3n) is 3.41. The highest BCUT2D eigenvalue weighted by molar-refractivity contribution is 7.89. The summed E-state index contributed by atoms with van der Waals surface area (Å²) < 4.78 is 10.9. The lowest BCUT2D eigenvalue weighted by atomic mass is 9.87. The van der Waals surface area contributed by atoms with Crippen molar-refractivity contribution in [2.75, 3.05) is 0 Å². The fourth-order valence-electron chi connectivity index (χ4n) is 2.09. The zero-order valence-corrected chi connectivity index (χ0v) is 10.1. The second kappa shape index (κ2) is 5.89. The van der Waals surface area contributed by atoms with E-state index in [1.165, 1.54) is 6.42 Å². The van der Waals surface area contributed by atoms with Crippen LogP contribution in [-0.4, -0.2) is 23.3 Å². The average molecular weight is 246 g/mol. The molecule has 0 saturated heterocycles. The maximum atomic E-state index is 11.0. The lowest BCUT2D eigenvalue weighted by molar-refractivity contribution is -0.146. The molecule has 0 bridgehead atoms. The summed E-state index contributed by atoms with van der Waals surface area (Å²) in [5.41, 5.74) is 0. The van der Waals surface area contributed by atoms with E-state index in [2.05, 4.69) is 0 Å². The van der Waals surface area contributed by atoms with Crippen LogP contribution in [0.1, 0.15) is 44.9 Å². The summed E-state index contributed by atoms with van der Waals surface area (Å²) in [6.07, 6.45) is 7.16. The second-order valence-electron chi connectivity index (χ2n) is 4.58. The fourth-order valence-corrected chi connectivity index (χ4v) is 2.77. The van der Waals surface area contributed by atoms with Crippen molar-refractivity contribution >= 4 is 18.3 Å². The molecular weight excluding hydrogens is 228 g/mol. The first-order valence-electron chi connectivity index (χ1n) is 5.99. The Morgan fingerprint density at radius 1 is 1.06 bits per heavy atom. The molecule has 0 amide bonds. The van der Waals surface area contributed by atoms with Crippen LogP contribution in [0.25, 0.3) is 0 Å².